The summed E-state index contributed by atoms with van der Waals surface area (Å²) in [7, 11) is 0. The van der Waals surface area contributed by atoms with E-state index in [2.05, 4.69) is 35.9 Å². The van der Waals surface area contributed by atoms with E-state index in [4.69, 9.17) is 0 Å². The number of hydrogen-bond donors (Lipinski definition) is 1. The van der Waals surface area contributed by atoms with E-state index in [9.17, 15) is 4.79 Å². The van der Waals surface area contributed by atoms with Crippen LogP contribution in [0.5, 0.6) is 0 Å². The van der Waals surface area contributed by atoms with Crippen molar-refractivity contribution in [3.05, 3.63) is 15.0 Å². The van der Waals surface area contributed by atoms with Gasteiger partial charge in [-0.2, -0.15) is 0 Å². The standard InChI is InChI=1S/C14H20BrN3OS2/c1-20-17-11-5-6-18(13(19)9-3-2-4-9)12(11)7-10-8-21-14(15)16-10/h8-9,11-12,17H,2-7H2,1H3/t11-,12-/m0/s1. The number of thiazole rings is 1. The first-order valence-electron chi connectivity index (χ1n) is 7.38. The normalized spacial score (nSPS) is 26.1. The summed E-state index contributed by atoms with van der Waals surface area (Å²) in [6, 6.07) is 0.601. The van der Waals surface area contributed by atoms with Gasteiger partial charge in [0.1, 0.15) is 0 Å². The van der Waals surface area contributed by atoms with E-state index in [1.54, 1.807) is 23.3 Å². The minimum atomic E-state index is 0.236. The van der Waals surface area contributed by atoms with Gasteiger partial charge in [-0.05, 0) is 41.4 Å². The fraction of sp³-hybridized carbons (Fsp3) is 0.714. The maximum absolute atomic E-state index is 12.6. The number of nitrogens with zero attached hydrogens (tertiary/aromatic N) is 2. The van der Waals surface area contributed by atoms with E-state index < -0.39 is 0 Å². The molecular weight excluding hydrogens is 370 g/mol. The first kappa shape index (κ1) is 15.8. The molecular formula is C14H20BrN3OS2. The van der Waals surface area contributed by atoms with Crippen LogP contribution in [-0.2, 0) is 11.2 Å². The zero-order valence-corrected chi connectivity index (χ0v) is 15.3. The van der Waals surface area contributed by atoms with Crippen LogP contribution in [0.4, 0.5) is 0 Å². The lowest BCUT2D eigenvalue weighted by molar-refractivity contribution is -0.139. The Morgan fingerprint density at radius 1 is 1.57 bits per heavy atom. The average Bonchev–Trinajstić information content (AvgIpc) is 2.96. The minimum absolute atomic E-state index is 0.236. The Balaban J connectivity index is 1.73. The molecule has 2 fully saturated rings. The molecule has 0 bridgehead atoms. The molecule has 3 rings (SSSR count). The smallest absolute Gasteiger partial charge is 0.225 e. The van der Waals surface area contributed by atoms with Crippen molar-refractivity contribution in [3.8, 4) is 0 Å². The van der Waals surface area contributed by atoms with Crippen molar-refractivity contribution in [2.45, 2.75) is 44.2 Å². The number of rotatable bonds is 5. The van der Waals surface area contributed by atoms with Gasteiger partial charge in [0.05, 0.1) is 11.7 Å². The second-order valence-electron chi connectivity index (χ2n) is 5.74. The summed E-state index contributed by atoms with van der Waals surface area (Å²) < 4.78 is 4.39. The van der Waals surface area contributed by atoms with Crippen LogP contribution in [0.1, 0.15) is 31.4 Å². The molecule has 7 heteroatoms. The van der Waals surface area contributed by atoms with Gasteiger partial charge in [0.25, 0.3) is 0 Å². The van der Waals surface area contributed by atoms with Crippen LogP contribution in [0.25, 0.3) is 0 Å². The number of amides is 1. The highest BCUT2D eigenvalue weighted by Crippen LogP contribution is 2.32. The molecule has 1 aromatic heterocycles. The maximum atomic E-state index is 12.6. The van der Waals surface area contributed by atoms with Gasteiger partial charge in [-0.3, -0.25) is 9.52 Å². The van der Waals surface area contributed by atoms with Crippen LogP contribution in [0.15, 0.2) is 9.30 Å². The molecule has 21 heavy (non-hydrogen) atoms. The minimum Gasteiger partial charge on any atom is -0.337 e. The molecule has 2 heterocycles. The van der Waals surface area contributed by atoms with Crippen LogP contribution >= 0.6 is 39.2 Å². The van der Waals surface area contributed by atoms with E-state index in [1.165, 1.54) is 6.42 Å². The first-order valence-corrected chi connectivity index (χ1v) is 10.3. The van der Waals surface area contributed by atoms with Crippen LogP contribution in [-0.4, -0.2) is 40.7 Å². The Kier molecular flexibility index (Phi) is 5.24. The lowest BCUT2D eigenvalue weighted by atomic mass is 9.84. The monoisotopic (exact) mass is 389 g/mol. The number of nitrogens with one attached hydrogen (secondary N) is 1. The van der Waals surface area contributed by atoms with E-state index in [-0.39, 0.29) is 12.0 Å². The van der Waals surface area contributed by atoms with Gasteiger partial charge >= 0.3 is 0 Å². The Morgan fingerprint density at radius 3 is 2.95 bits per heavy atom. The Morgan fingerprint density at radius 2 is 2.38 bits per heavy atom. The van der Waals surface area contributed by atoms with Crippen molar-refractivity contribution < 1.29 is 4.79 Å². The zero-order valence-electron chi connectivity index (χ0n) is 12.0. The summed E-state index contributed by atoms with van der Waals surface area (Å²) in [5.74, 6) is 0.647. The van der Waals surface area contributed by atoms with E-state index in [0.717, 1.165) is 41.8 Å². The molecule has 1 saturated carbocycles. The van der Waals surface area contributed by atoms with Crippen molar-refractivity contribution in [2.75, 3.05) is 12.8 Å². The third kappa shape index (κ3) is 3.46. The topological polar surface area (TPSA) is 45.2 Å². The van der Waals surface area contributed by atoms with Gasteiger partial charge in [-0.15, -0.1) is 11.3 Å². The number of aromatic nitrogens is 1. The van der Waals surface area contributed by atoms with Gasteiger partial charge in [-0.1, -0.05) is 18.4 Å². The molecule has 1 saturated heterocycles. The molecule has 1 aromatic rings. The molecule has 1 N–H and O–H groups in total. The van der Waals surface area contributed by atoms with Crippen molar-refractivity contribution in [2.24, 2.45) is 5.92 Å². The Hall–Kier alpha value is -0.110. The summed E-state index contributed by atoms with van der Waals surface area (Å²) in [5, 5.41) is 2.09. The molecule has 1 amide bonds. The molecule has 2 aliphatic rings. The highest BCUT2D eigenvalue weighted by molar-refractivity contribution is 9.11. The van der Waals surface area contributed by atoms with Gasteiger partial charge in [0, 0.05) is 30.3 Å². The number of carbonyl (C=O) groups is 1. The number of carbonyl (C=O) groups excluding carboxylic acids is 1. The van der Waals surface area contributed by atoms with E-state index in [0.29, 0.717) is 11.9 Å². The molecule has 0 radical (unpaired) electrons. The quantitative estimate of drug-likeness (QED) is 0.785. The second kappa shape index (κ2) is 6.98. The lowest BCUT2D eigenvalue weighted by Gasteiger charge is -2.34. The van der Waals surface area contributed by atoms with Crippen LogP contribution in [0, 0.1) is 5.92 Å². The average molecular weight is 390 g/mol. The van der Waals surface area contributed by atoms with Crippen molar-refractivity contribution in [1.82, 2.24) is 14.6 Å². The Labute approximate surface area is 142 Å². The summed E-state index contributed by atoms with van der Waals surface area (Å²) in [6.45, 7) is 0.879. The molecule has 0 aromatic carbocycles. The van der Waals surface area contributed by atoms with Crippen molar-refractivity contribution in [1.29, 1.82) is 0 Å². The third-order valence-electron chi connectivity index (χ3n) is 4.49. The summed E-state index contributed by atoms with van der Waals surface area (Å²) in [4.78, 5) is 19.3. The lowest BCUT2D eigenvalue weighted by Crippen LogP contribution is -2.47. The van der Waals surface area contributed by atoms with Crippen molar-refractivity contribution in [3.63, 3.8) is 0 Å². The largest absolute Gasteiger partial charge is 0.337 e. The molecule has 116 valence electrons. The van der Waals surface area contributed by atoms with E-state index in [1.807, 2.05) is 6.26 Å². The van der Waals surface area contributed by atoms with Gasteiger partial charge in [-0.25, -0.2) is 4.98 Å². The molecule has 1 aliphatic heterocycles. The molecule has 0 spiro atoms. The van der Waals surface area contributed by atoms with Gasteiger partial charge in [0.2, 0.25) is 5.91 Å². The molecule has 4 nitrogen and oxygen atoms in total. The van der Waals surface area contributed by atoms with Crippen LogP contribution in [0.2, 0.25) is 0 Å². The first-order chi connectivity index (χ1) is 10.2. The van der Waals surface area contributed by atoms with E-state index >= 15 is 0 Å². The third-order valence-corrected chi connectivity index (χ3v) is 6.45. The molecule has 0 unspecified atom stereocenters. The van der Waals surface area contributed by atoms with Gasteiger partial charge < -0.3 is 4.90 Å². The number of hydrogen-bond acceptors (Lipinski definition) is 5. The summed E-state index contributed by atoms with van der Waals surface area (Å²) in [6.07, 6.45) is 7.29. The Bertz CT molecular complexity index is 506. The molecule has 2 atom stereocenters. The fourth-order valence-corrected chi connectivity index (χ4v) is 4.79. The number of halogens is 1. The summed E-state index contributed by atoms with van der Waals surface area (Å²) in [5.41, 5.74) is 1.08. The SMILES string of the molecule is CSN[C@H]1CCN(C(=O)C2CCC2)[C@H]1Cc1csc(Br)n1. The highest BCUT2D eigenvalue weighted by atomic mass is 79.9. The van der Waals surface area contributed by atoms with Crippen molar-refractivity contribution >= 4 is 45.1 Å². The maximum Gasteiger partial charge on any atom is 0.225 e. The zero-order chi connectivity index (χ0) is 14.8. The summed E-state index contributed by atoms with van der Waals surface area (Å²) >= 11 is 6.68. The second-order valence-corrected chi connectivity index (χ2v) is 8.52. The predicted octanol–water partition coefficient (Wildman–Crippen LogP) is 3.09. The highest BCUT2D eigenvalue weighted by Gasteiger charge is 2.40. The van der Waals surface area contributed by atoms with Crippen LogP contribution in [0.3, 0.4) is 0 Å². The predicted molar refractivity (Wildman–Crippen MR) is 91.4 cm³/mol. The fourth-order valence-electron chi connectivity index (χ4n) is 3.15. The number of likely N-dealkylation sites (tertiary alicyclic amines) is 1. The van der Waals surface area contributed by atoms with Crippen LogP contribution < -0.4 is 4.72 Å². The van der Waals surface area contributed by atoms with Gasteiger partial charge in [0.15, 0.2) is 3.92 Å². The molecule has 1 aliphatic carbocycles.